The zero-order valence-corrected chi connectivity index (χ0v) is 13.4. The number of rotatable bonds is 8. The monoisotopic (exact) mass is 295 g/mol. The minimum absolute atomic E-state index is 0.367. The Morgan fingerprint density at radius 2 is 1.95 bits per heavy atom. The van der Waals surface area contributed by atoms with Gasteiger partial charge in [0.05, 0.1) is 7.11 Å². The molecular weight excluding hydrogens is 270 g/mol. The Morgan fingerprint density at radius 3 is 2.50 bits per heavy atom. The maximum atomic E-state index is 12.0. The van der Waals surface area contributed by atoms with Crippen molar-refractivity contribution in [3.8, 4) is 0 Å². The fourth-order valence-corrected chi connectivity index (χ4v) is 3.24. The summed E-state index contributed by atoms with van der Waals surface area (Å²) in [6, 6.07) is 9.47. The minimum Gasteiger partial charge on any atom is -0.467 e. The first-order valence-electron chi connectivity index (χ1n) is 7.01. The summed E-state index contributed by atoms with van der Waals surface area (Å²) in [5, 5.41) is 0. The molecule has 0 radical (unpaired) electrons. The Morgan fingerprint density at radius 1 is 1.30 bits per heavy atom. The van der Waals surface area contributed by atoms with E-state index in [1.54, 1.807) is 0 Å². The highest BCUT2D eigenvalue weighted by Crippen LogP contribution is 2.26. The van der Waals surface area contributed by atoms with Gasteiger partial charge in [0.15, 0.2) is 0 Å². The second-order valence-electron chi connectivity index (χ2n) is 5.37. The number of thioether (sulfide) groups is 1. The topological polar surface area (TPSA) is 52.3 Å². The van der Waals surface area contributed by atoms with Crippen molar-refractivity contribution in [1.29, 1.82) is 0 Å². The molecule has 0 amide bonds. The van der Waals surface area contributed by atoms with Crippen LogP contribution in [-0.2, 0) is 15.1 Å². The van der Waals surface area contributed by atoms with E-state index in [1.807, 2.05) is 42.1 Å². The molecule has 1 atom stereocenters. The number of ether oxygens (including phenoxy) is 1. The molecule has 0 bridgehead atoms. The number of methoxy groups -OCH3 is 1. The molecule has 4 heteroatoms. The molecule has 20 heavy (non-hydrogen) atoms. The number of hydrogen-bond donors (Lipinski definition) is 1. The lowest BCUT2D eigenvalue weighted by molar-refractivity contribution is -0.147. The molecule has 1 unspecified atom stereocenters. The van der Waals surface area contributed by atoms with Gasteiger partial charge in [-0.3, -0.25) is 0 Å². The molecule has 2 N–H and O–H groups in total. The van der Waals surface area contributed by atoms with Crippen molar-refractivity contribution >= 4 is 17.7 Å². The smallest absolute Gasteiger partial charge is 0.330 e. The van der Waals surface area contributed by atoms with Crippen LogP contribution in [0.25, 0.3) is 0 Å². The first kappa shape index (κ1) is 17.1. The van der Waals surface area contributed by atoms with Crippen molar-refractivity contribution in [3.63, 3.8) is 0 Å². The molecule has 3 nitrogen and oxygen atoms in total. The predicted octanol–water partition coefficient (Wildman–Crippen LogP) is 3.18. The first-order valence-corrected chi connectivity index (χ1v) is 8.16. The Balaban J connectivity index is 2.64. The van der Waals surface area contributed by atoms with Crippen LogP contribution in [0.15, 0.2) is 30.3 Å². The molecule has 0 aromatic heterocycles. The van der Waals surface area contributed by atoms with Crippen LogP contribution in [0.3, 0.4) is 0 Å². The van der Waals surface area contributed by atoms with Gasteiger partial charge in [0.2, 0.25) is 0 Å². The van der Waals surface area contributed by atoms with Crippen LogP contribution in [0.1, 0.15) is 32.3 Å². The van der Waals surface area contributed by atoms with Crippen LogP contribution >= 0.6 is 11.8 Å². The van der Waals surface area contributed by atoms with Crippen LogP contribution in [0.2, 0.25) is 0 Å². The molecule has 0 aliphatic rings. The van der Waals surface area contributed by atoms with Crippen LogP contribution in [-0.4, -0.2) is 24.6 Å². The summed E-state index contributed by atoms with van der Waals surface area (Å²) in [7, 11) is 1.39. The summed E-state index contributed by atoms with van der Waals surface area (Å²) in [6.45, 7) is 4.43. The van der Waals surface area contributed by atoms with Gasteiger partial charge in [-0.15, -0.1) is 0 Å². The largest absolute Gasteiger partial charge is 0.467 e. The van der Waals surface area contributed by atoms with Gasteiger partial charge >= 0.3 is 5.97 Å². The second-order valence-corrected chi connectivity index (χ2v) is 6.60. The third kappa shape index (κ3) is 4.84. The van der Waals surface area contributed by atoms with Crippen LogP contribution < -0.4 is 5.73 Å². The molecule has 112 valence electrons. The normalized spacial score (nSPS) is 14.1. The summed E-state index contributed by atoms with van der Waals surface area (Å²) in [4.78, 5) is 12.0. The maximum Gasteiger partial charge on any atom is 0.330 e. The summed E-state index contributed by atoms with van der Waals surface area (Å²) in [5.74, 6) is 2.30. The van der Waals surface area contributed by atoms with Gasteiger partial charge in [0.25, 0.3) is 0 Å². The van der Waals surface area contributed by atoms with E-state index >= 15 is 0 Å². The molecule has 1 aromatic carbocycles. The lowest BCUT2D eigenvalue weighted by Gasteiger charge is -2.27. The fourth-order valence-electron chi connectivity index (χ4n) is 1.94. The van der Waals surface area contributed by atoms with E-state index in [1.165, 1.54) is 13.5 Å². The molecule has 1 aromatic rings. The van der Waals surface area contributed by atoms with Crippen LogP contribution in [0.5, 0.6) is 0 Å². The highest BCUT2D eigenvalue weighted by Gasteiger charge is 2.36. The Kier molecular flexibility index (Phi) is 7.10. The number of carbonyl (C=O) groups excluding carboxylic acids is 1. The molecular formula is C16H25NO2S. The average molecular weight is 295 g/mol. The molecule has 0 spiro atoms. The van der Waals surface area contributed by atoms with Gasteiger partial charge in [0, 0.05) is 0 Å². The van der Waals surface area contributed by atoms with E-state index in [0.29, 0.717) is 12.3 Å². The van der Waals surface area contributed by atoms with E-state index in [-0.39, 0.29) is 5.97 Å². The van der Waals surface area contributed by atoms with Crippen molar-refractivity contribution in [2.45, 2.75) is 32.2 Å². The van der Waals surface area contributed by atoms with Crippen molar-refractivity contribution < 1.29 is 9.53 Å². The van der Waals surface area contributed by atoms with Gasteiger partial charge in [-0.2, -0.15) is 11.8 Å². The SMILES string of the molecule is COC(=O)C(N)(CCSCCC(C)C)c1ccccc1. The Bertz CT molecular complexity index is 408. The van der Waals surface area contributed by atoms with E-state index in [9.17, 15) is 4.79 Å². The molecule has 0 aliphatic carbocycles. The van der Waals surface area contributed by atoms with Crippen LogP contribution in [0.4, 0.5) is 0 Å². The zero-order valence-electron chi connectivity index (χ0n) is 12.6. The molecule has 0 saturated carbocycles. The fraction of sp³-hybridized carbons (Fsp3) is 0.562. The van der Waals surface area contributed by atoms with E-state index in [4.69, 9.17) is 10.5 Å². The third-order valence-corrected chi connectivity index (χ3v) is 4.34. The molecule has 0 heterocycles. The summed E-state index contributed by atoms with van der Waals surface area (Å²) in [6.07, 6.45) is 1.78. The quantitative estimate of drug-likeness (QED) is 0.591. The second kappa shape index (κ2) is 8.32. The van der Waals surface area contributed by atoms with Crippen molar-refractivity contribution in [2.75, 3.05) is 18.6 Å². The number of nitrogens with two attached hydrogens (primary N) is 1. The predicted molar refractivity (Wildman–Crippen MR) is 85.7 cm³/mol. The number of carbonyl (C=O) groups is 1. The lowest BCUT2D eigenvalue weighted by atomic mass is 9.88. The van der Waals surface area contributed by atoms with Gasteiger partial charge < -0.3 is 10.5 Å². The standard InChI is InChI=1S/C16H25NO2S/c1-13(2)9-11-20-12-10-16(17,15(18)19-3)14-7-5-4-6-8-14/h4-8,13H,9-12,17H2,1-3H3. The van der Waals surface area contributed by atoms with Crippen molar-refractivity contribution in [1.82, 2.24) is 0 Å². The van der Waals surface area contributed by atoms with Crippen LogP contribution in [0, 0.1) is 5.92 Å². The van der Waals surface area contributed by atoms with E-state index < -0.39 is 5.54 Å². The number of benzene rings is 1. The summed E-state index contributed by atoms with van der Waals surface area (Å²) in [5.41, 5.74) is 6.10. The van der Waals surface area contributed by atoms with E-state index in [2.05, 4.69) is 13.8 Å². The number of hydrogen-bond acceptors (Lipinski definition) is 4. The summed E-state index contributed by atoms with van der Waals surface area (Å²) < 4.78 is 4.89. The Hall–Kier alpha value is -1.00. The minimum atomic E-state index is -1.04. The average Bonchev–Trinajstić information content (AvgIpc) is 2.46. The third-order valence-electron chi connectivity index (χ3n) is 3.32. The highest BCUT2D eigenvalue weighted by molar-refractivity contribution is 7.99. The lowest BCUT2D eigenvalue weighted by Crippen LogP contribution is -2.46. The van der Waals surface area contributed by atoms with Crippen molar-refractivity contribution in [2.24, 2.45) is 11.7 Å². The van der Waals surface area contributed by atoms with Gasteiger partial charge in [-0.05, 0) is 35.8 Å². The maximum absolute atomic E-state index is 12.0. The molecule has 0 aliphatic heterocycles. The molecule has 0 fully saturated rings. The zero-order chi connectivity index (χ0) is 15.0. The highest BCUT2D eigenvalue weighted by atomic mass is 32.2. The van der Waals surface area contributed by atoms with Gasteiger partial charge in [-0.25, -0.2) is 4.79 Å². The Labute approximate surface area is 126 Å². The molecule has 1 rings (SSSR count). The summed E-state index contributed by atoms with van der Waals surface area (Å²) >= 11 is 1.84. The first-order chi connectivity index (χ1) is 9.50. The van der Waals surface area contributed by atoms with E-state index in [0.717, 1.165) is 17.1 Å². The van der Waals surface area contributed by atoms with Gasteiger partial charge in [0.1, 0.15) is 5.54 Å². The molecule has 0 saturated heterocycles. The van der Waals surface area contributed by atoms with Crippen molar-refractivity contribution in [3.05, 3.63) is 35.9 Å². The number of esters is 1. The van der Waals surface area contributed by atoms with Gasteiger partial charge in [-0.1, -0.05) is 44.2 Å².